The first-order valence-electron chi connectivity index (χ1n) is 8.37. The molecule has 0 bridgehead atoms. The smallest absolute Gasteiger partial charge is 0.276 e. The first-order chi connectivity index (χ1) is 13.8. The maximum atomic E-state index is 12.6. The van der Waals surface area contributed by atoms with Crippen LogP contribution in [-0.4, -0.2) is 32.9 Å². The molecule has 0 radical (unpaired) electrons. The lowest BCUT2D eigenvalue weighted by Gasteiger charge is -2.15. The van der Waals surface area contributed by atoms with E-state index in [-0.39, 0.29) is 28.1 Å². The molecular weight excluding hydrogens is 418 g/mol. The molecule has 29 heavy (non-hydrogen) atoms. The van der Waals surface area contributed by atoms with E-state index >= 15 is 0 Å². The van der Waals surface area contributed by atoms with Crippen molar-refractivity contribution in [1.82, 2.24) is 0 Å². The summed E-state index contributed by atoms with van der Waals surface area (Å²) in [4.78, 5) is 36.7. The SMILES string of the molecule is CC1S/C(=N\N=C2\C(=O)Nc3ccc([N+](=O)[O-])cc32)N(c2ccc(Cl)cc2)C1=O. The Bertz CT molecular complexity index is 1120. The number of hydrogen-bond donors (Lipinski definition) is 1. The summed E-state index contributed by atoms with van der Waals surface area (Å²) in [6.07, 6.45) is 0. The van der Waals surface area contributed by atoms with E-state index in [9.17, 15) is 19.7 Å². The summed E-state index contributed by atoms with van der Waals surface area (Å²) in [5.41, 5.74) is 1.05. The Morgan fingerprint density at radius 3 is 2.59 bits per heavy atom. The predicted octanol–water partition coefficient (Wildman–Crippen LogP) is 3.43. The zero-order chi connectivity index (χ0) is 20.7. The summed E-state index contributed by atoms with van der Waals surface area (Å²) in [5, 5.41) is 22.2. The Kier molecular flexibility index (Phi) is 4.81. The third kappa shape index (κ3) is 3.47. The van der Waals surface area contributed by atoms with Crippen LogP contribution in [0.25, 0.3) is 0 Å². The van der Waals surface area contributed by atoms with Crippen molar-refractivity contribution >= 4 is 63.1 Å². The number of non-ortho nitro benzene ring substituents is 1. The van der Waals surface area contributed by atoms with Gasteiger partial charge in [-0.1, -0.05) is 23.4 Å². The summed E-state index contributed by atoms with van der Waals surface area (Å²) < 4.78 is 0. The van der Waals surface area contributed by atoms with Crippen molar-refractivity contribution in [3.05, 3.63) is 63.2 Å². The third-order valence-corrected chi connectivity index (χ3v) is 5.58. The standard InChI is InChI=1S/C18H12ClN5O4S/c1-9-17(26)23(11-4-2-10(19)3-5-11)18(29-9)22-21-15-13-8-12(24(27)28)6-7-14(13)20-16(15)25/h2-9H,1H3,(H,20,21,25)/b22-18-. The number of halogens is 1. The molecule has 2 aliphatic heterocycles. The Morgan fingerprint density at radius 2 is 1.90 bits per heavy atom. The molecule has 2 amide bonds. The van der Waals surface area contributed by atoms with Crippen molar-refractivity contribution in [3.8, 4) is 0 Å². The van der Waals surface area contributed by atoms with E-state index in [4.69, 9.17) is 11.6 Å². The van der Waals surface area contributed by atoms with Gasteiger partial charge in [0.1, 0.15) is 0 Å². The molecule has 2 aromatic rings. The van der Waals surface area contributed by atoms with Gasteiger partial charge in [-0.15, -0.1) is 10.2 Å². The number of hydrogen-bond acceptors (Lipinski definition) is 7. The largest absolute Gasteiger partial charge is 0.320 e. The number of nitro groups is 1. The minimum Gasteiger partial charge on any atom is -0.320 e. The molecule has 0 saturated carbocycles. The van der Waals surface area contributed by atoms with Crippen molar-refractivity contribution in [3.63, 3.8) is 0 Å². The third-order valence-electron chi connectivity index (χ3n) is 4.29. The fraction of sp³-hybridized carbons (Fsp3) is 0.111. The molecule has 2 aliphatic rings. The van der Waals surface area contributed by atoms with E-state index in [1.54, 1.807) is 31.2 Å². The molecule has 9 nitrogen and oxygen atoms in total. The van der Waals surface area contributed by atoms with Crippen LogP contribution in [0.4, 0.5) is 17.1 Å². The van der Waals surface area contributed by atoms with Crippen molar-refractivity contribution in [2.45, 2.75) is 12.2 Å². The van der Waals surface area contributed by atoms with Gasteiger partial charge in [0.2, 0.25) is 5.91 Å². The molecule has 0 spiro atoms. The number of nitrogens with one attached hydrogen (secondary N) is 1. The number of anilines is 2. The predicted molar refractivity (Wildman–Crippen MR) is 112 cm³/mol. The first-order valence-corrected chi connectivity index (χ1v) is 9.63. The quantitative estimate of drug-likeness (QED) is 0.592. The van der Waals surface area contributed by atoms with Crippen molar-refractivity contribution in [1.29, 1.82) is 0 Å². The van der Waals surface area contributed by atoms with E-state index in [0.29, 0.717) is 21.6 Å². The van der Waals surface area contributed by atoms with Crippen LogP contribution in [0.2, 0.25) is 5.02 Å². The van der Waals surface area contributed by atoms with E-state index in [1.807, 2.05) is 0 Å². The number of benzene rings is 2. The van der Waals surface area contributed by atoms with E-state index in [0.717, 1.165) is 0 Å². The summed E-state index contributed by atoms with van der Waals surface area (Å²) >= 11 is 7.11. The molecule has 0 aromatic heterocycles. The number of amides is 2. The number of rotatable bonds is 3. The molecule has 0 aliphatic carbocycles. The zero-order valence-electron chi connectivity index (χ0n) is 14.8. The number of thioether (sulfide) groups is 1. The first kappa shape index (κ1) is 19.1. The summed E-state index contributed by atoms with van der Waals surface area (Å²) in [6, 6.07) is 10.7. The molecule has 1 N–H and O–H groups in total. The van der Waals surface area contributed by atoms with Crippen molar-refractivity contribution < 1.29 is 14.5 Å². The Labute approximate surface area is 173 Å². The molecule has 1 unspecified atom stereocenters. The second-order valence-corrected chi connectivity index (χ2v) is 7.93. The lowest BCUT2D eigenvalue weighted by Crippen LogP contribution is -2.31. The number of fused-ring (bicyclic) bond motifs is 1. The Hall–Kier alpha value is -3.24. The summed E-state index contributed by atoms with van der Waals surface area (Å²) in [7, 11) is 0. The van der Waals surface area contributed by atoms with Crippen LogP contribution in [0, 0.1) is 10.1 Å². The van der Waals surface area contributed by atoms with Gasteiger partial charge in [0, 0.05) is 22.7 Å². The van der Waals surface area contributed by atoms with Crippen LogP contribution in [0.5, 0.6) is 0 Å². The molecule has 2 heterocycles. The van der Waals surface area contributed by atoms with Gasteiger partial charge >= 0.3 is 0 Å². The van der Waals surface area contributed by atoms with Gasteiger partial charge in [0.05, 0.1) is 21.5 Å². The van der Waals surface area contributed by atoms with Gasteiger partial charge in [-0.25, -0.2) is 0 Å². The molecule has 11 heteroatoms. The Morgan fingerprint density at radius 1 is 1.17 bits per heavy atom. The summed E-state index contributed by atoms with van der Waals surface area (Å²) in [6.45, 7) is 1.74. The monoisotopic (exact) mass is 429 g/mol. The molecule has 1 fully saturated rings. The van der Waals surface area contributed by atoms with E-state index < -0.39 is 10.8 Å². The molecule has 1 saturated heterocycles. The van der Waals surface area contributed by atoms with Gasteiger partial charge in [-0.2, -0.15) is 0 Å². The maximum Gasteiger partial charge on any atom is 0.276 e. The fourth-order valence-electron chi connectivity index (χ4n) is 2.88. The molecule has 4 rings (SSSR count). The lowest BCUT2D eigenvalue weighted by atomic mass is 10.1. The number of carbonyl (C=O) groups is 2. The number of nitro benzene ring substituents is 1. The average Bonchev–Trinajstić information content (AvgIpc) is 3.15. The zero-order valence-corrected chi connectivity index (χ0v) is 16.4. The van der Waals surface area contributed by atoms with E-state index in [2.05, 4.69) is 15.5 Å². The fourth-order valence-corrected chi connectivity index (χ4v) is 3.92. The minimum absolute atomic E-state index is 0.0557. The van der Waals surface area contributed by atoms with Gasteiger partial charge in [0.15, 0.2) is 10.9 Å². The molecule has 2 aromatic carbocycles. The number of nitrogens with zero attached hydrogens (tertiary/aromatic N) is 4. The highest BCUT2D eigenvalue weighted by Crippen LogP contribution is 2.33. The normalized spacial score (nSPS) is 21.0. The lowest BCUT2D eigenvalue weighted by molar-refractivity contribution is -0.384. The average molecular weight is 430 g/mol. The van der Waals surface area contributed by atoms with Gasteiger partial charge in [-0.3, -0.25) is 24.6 Å². The summed E-state index contributed by atoms with van der Waals surface area (Å²) in [5.74, 6) is -0.701. The van der Waals surface area contributed by atoms with Crippen molar-refractivity contribution in [2.75, 3.05) is 10.2 Å². The second kappa shape index (κ2) is 7.30. The highest BCUT2D eigenvalue weighted by Gasteiger charge is 2.37. The highest BCUT2D eigenvalue weighted by molar-refractivity contribution is 8.16. The number of amidine groups is 1. The van der Waals surface area contributed by atoms with E-state index in [1.165, 1.54) is 34.9 Å². The van der Waals surface area contributed by atoms with Gasteiger partial charge in [0.25, 0.3) is 11.6 Å². The van der Waals surface area contributed by atoms with Gasteiger partial charge in [-0.05, 0) is 37.3 Å². The van der Waals surface area contributed by atoms with Crippen LogP contribution in [0.15, 0.2) is 52.7 Å². The van der Waals surface area contributed by atoms with Crippen LogP contribution < -0.4 is 10.2 Å². The van der Waals surface area contributed by atoms with Gasteiger partial charge < -0.3 is 5.32 Å². The molecule has 146 valence electrons. The topological polar surface area (TPSA) is 117 Å². The van der Waals surface area contributed by atoms with Crippen molar-refractivity contribution in [2.24, 2.45) is 10.2 Å². The number of carbonyl (C=O) groups excluding carboxylic acids is 2. The highest BCUT2D eigenvalue weighted by atomic mass is 35.5. The van der Waals surface area contributed by atoms with Crippen LogP contribution in [0.3, 0.4) is 0 Å². The molecular formula is C18H12ClN5O4S. The van der Waals surface area contributed by atoms with Crippen LogP contribution in [-0.2, 0) is 9.59 Å². The molecule has 1 atom stereocenters. The maximum absolute atomic E-state index is 12.6. The second-order valence-electron chi connectivity index (χ2n) is 6.18. The minimum atomic E-state index is -0.554. The van der Waals surface area contributed by atoms with Crippen LogP contribution >= 0.6 is 23.4 Å². The van der Waals surface area contributed by atoms with Crippen LogP contribution in [0.1, 0.15) is 12.5 Å². The Balaban J connectivity index is 1.74.